The lowest BCUT2D eigenvalue weighted by Gasteiger charge is -2.51. The summed E-state index contributed by atoms with van der Waals surface area (Å²) < 4.78 is 101. The monoisotopic (exact) mass is 1550 g/mol. The Morgan fingerprint density at radius 2 is 0.755 bits per heavy atom. The number of aliphatic carboxylic acids is 1. The summed E-state index contributed by atoms with van der Waals surface area (Å²) in [5.41, 5.74) is 5.95. The zero-order valence-electron chi connectivity index (χ0n) is 58.2. The number of aliphatic hydroxyl groups is 24. The second-order valence-electron chi connectivity index (χ2n) is 28.6. The van der Waals surface area contributed by atoms with Crippen molar-refractivity contribution in [1.29, 1.82) is 0 Å². The van der Waals surface area contributed by atoms with E-state index in [1.807, 2.05) is 0 Å². The molecule has 9 aliphatic rings. The summed E-state index contributed by atoms with van der Waals surface area (Å²) in [5.74, 6) is -9.13. The fraction of sp³-hybridized carbons (Fsp3) is 0.984. The van der Waals surface area contributed by atoms with E-state index in [4.69, 9.17) is 86.3 Å². The maximum absolute atomic E-state index is 12.8. The van der Waals surface area contributed by atoms with Crippen molar-refractivity contribution in [3.63, 3.8) is 0 Å². The van der Waals surface area contributed by atoms with Crippen molar-refractivity contribution in [3.8, 4) is 0 Å². The predicted octanol–water partition coefficient (Wildman–Crippen LogP) is -15.3. The SMILES string of the molecule is CC1C(O)[C@H](O)[C@H](CO)O[C@H]1OC1C(O)[C@H](O)C(CO)O[C@@H]1OCC1O[C@@H](O[C@@H]2C(CO)O[C@@H](O[C@@H]3C(CO)O[C@@H](C)C(C)[C@H]3O)[C@@H](C)C2O)[C@H](O)C(O[C@H]2O[C@H](CO)[C@@H](O)C(O)C2O[C@@H]2OC(CO)[C@@H](O[C@@H]3OC(CO[C@]4(C(=O)O)C[C@@H](O)[C@@H](N)C([C@H](O)[C@H](O)CO)O4)[C@H](O)C(O)[C@@H]3O)C(O)[C@@H]2C)[C@@H]1O. The van der Waals surface area contributed by atoms with Crippen LogP contribution >= 0.6 is 0 Å². The number of carboxylic acids is 1. The fourth-order valence-corrected chi connectivity index (χ4v) is 14.4. The zero-order valence-corrected chi connectivity index (χ0v) is 58.2. The highest BCUT2D eigenvalue weighted by atomic mass is 16.8. The number of carboxylic acid groups (broad SMARTS) is 1. The molecular formula is C62H107NO43. The second kappa shape index (κ2) is 37.4. The van der Waals surface area contributed by atoms with E-state index in [1.54, 1.807) is 13.8 Å². The summed E-state index contributed by atoms with van der Waals surface area (Å²) in [7, 11) is 0. The number of hydrogen-bond acceptors (Lipinski definition) is 43. The van der Waals surface area contributed by atoms with Crippen LogP contribution in [0.3, 0.4) is 0 Å². The lowest BCUT2D eigenvalue weighted by molar-refractivity contribution is -0.402. The quantitative estimate of drug-likeness (QED) is 0.0346. The first-order valence-electron chi connectivity index (χ1n) is 35.0. The number of nitrogens with two attached hydrogens (primary N) is 1. The average Bonchev–Trinajstić information content (AvgIpc) is 0.778. The summed E-state index contributed by atoms with van der Waals surface area (Å²) in [6.07, 6.45) is -74.4. The van der Waals surface area contributed by atoms with Gasteiger partial charge < -0.3 is 214 Å². The Hall–Kier alpha value is -2.21. The minimum absolute atomic E-state index is 0.530. The van der Waals surface area contributed by atoms with E-state index in [1.165, 1.54) is 20.8 Å². The van der Waals surface area contributed by atoms with E-state index < -0.39 is 353 Å². The molecule has 18 unspecified atom stereocenters. The Bertz CT molecular complexity index is 2690. The minimum Gasteiger partial charge on any atom is -0.477 e. The topological polar surface area (TPSA) is 706 Å². The summed E-state index contributed by atoms with van der Waals surface area (Å²) in [6.45, 7) is -1.28. The van der Waals surface area contributed by atoms with Crippen LogP contribution in [0.1, 0.15) is 41.0 Å². The second-order valence-corrected chi connectivity index (χ2v) is 28.6. The van der Waals surface area contributed by atoms with Crippen LogP contribution in [0.5, 0.6) is 0 Å². The van der Waals surface area contributed by atoms with Gasteiger partial charge in [-0.2, -0.15) is 0 Å². The highest BCUT2D eigenvalue weighted by Crippen LogP contribution is 2.42. The number of hydrogen-bond donors (Lipinski definition) is 26. The van der Waals surface area contributed by atoms with E-state index in [0.29, 0.717) is 0 Å². The Kier molecular flexibility index (Phi) is 30.9. The minimum atomic E-state index is -2.93. The van der Waals surface area contributed by atoms with Crippen LogP contribution in [-0.4, -0.2) is 450 Å². The third-order valence-electron chi connectivity index (χ3n) is 21.5. The largest absolute Gasteiger partial charge is 0.477 e. The molecule has 44 heteroatoms. The van der Waals surface area contributed by atoms with E-state index in [2.05, 4.69) is 0 Å². The molecule has 0 bridgehead atoms. The molecule has 9 aliphatic heterocycles. The van der Waals surface area contributed by atoms with Gasteiger partial charge in [0.05, 0.1) is 102 Å². The fourth-order valence-electron chi connectivity index (χ4n) is 14.4. The van der Waals surface area contributed by atoms with Crippen molar-refractivity contribution in [2.45, 2.75) is 298 Å². The molecule has 0 spiro atoms. The normalized spacial score (nSPS) is 51.9. The number of ether oxygens (including phenoxy) is 17. The Morgan fingerprint density at radius 3 is 1.24 bits per heavy atom. The van der Waals surface area contributed by atoms with Crippen molar-refractivity contribution < 1.29 is 213 Å². The van der Waals surface area contributed by atoms with Crippen molar-refractivity contribution in [2.24, 2.45) is 29.4 Å². The molecule has 44 nitrogen and oxygen atoms in total. The highest BCUT2D eigenvalue weighted by molar-refractivity contribution is 5.76. The van der Waals surface area contributed by atoms with E-state index in [-0.39, 0.29) is 0 Å². The standard InChI is InChI=1S/C62H107NO43/c1-16-20(5)92-26(11-68)47(33(16)74)100-55-18(3)34(75)49(28(13-70)96-55)102-58-46(87)51(41(82)29(98-58)14-90-59-52(43(84)38(79)24(9-66)94-59)104-54-17(2)32(73)37(78)23(8-65)93-54)103-60-53(44(85)39(80)25(10-67)95-60)105-56-19(4)35(76)48(27(12-69)97-56)101-57-45(86)42(83)40(81)30(99-57)15-91-62(61(88)89)6-21(71)31(63)50(106-62)36(77)22(72)7-64/h16-60,64-87H,6-15,63H2,1-5H3,(H,88,89)/t16?,17?,18-,19-,20-,21+,22+,23-,24?,25+,26?,27?,28?,29?,30?,31+,32?,33+,34?,35?,36+,37+,38+,39+,40-,41+,42?,43?,44?,45-,46+,47+,48+,49+,50?,51?,52?,53?,54-,55-,56-,57-,58-,59-,60+,62+/m0/s1. The Morgan fingerprint density at radius 1 is 0.387 bits per heavy atom. The average molecular weight is 1550 g/mol. The Labute approximate surface area is 604 Å². The molecule has 0 aromatic carbocycles. The van der Waals surface area contributed by atoms with Gasteiger partial charge in [0.1, 0.15) is 165 Å². The van der Waals surface area contributed by atoms with Gasteiger partial charge in [0.2, 0.25) is 0 Å². The molecule has 106 heavy (non-hydrogen) atoms. The van der Waals surface area contributed by atoms with Crippen LogP contribution in [-0.2, 0) is 85.3 Å². The molecule has 9 heterocycles. The molecule has 27 N–H and O–H groups in total. The smallest absolute Gasteiger partial charge is 0.364 e. The van der Waals surface area contributed by atoms with Crippen molar-refractivity contribution in [3.05, 3.63) is 0 Å². The van der Waals surface area contributed by atoms with Gasteiger partial charge in [-0.05, 0) is 6.92 Å². The maximum Gasteiger partial charge on any atom is 0.364 e. The molecule has 0 aliphatic carbocycles. The van der Waals surface area contributed by atoms with Gasteiger partial charge in [-0.3, -0.25) is 0 Å². The van der Waals surface area contributed by atoms with Gasteiger partial charge in [-0.25, -0.2) is 4.79 Å². The molecular weight excluding hydrogens is 1450 g/mol. The number of rotatable bonds is 28. The summed E-state index contributed by atoms with van der Waals surface area (Å²) in [6, 6.07) is -1.55. The number of carbonyl (C=O) groups is 1. The first-order chi connectivity index (χ1) is 50.1. The molecule has 0 radical (unpaired) electrons. The van der Waals surface area contributed by atoms with Crippen LogP contribution < -0.4 is 5.73 Å². The van der Waals surface area contributed by atoms with Crippen molar-refractivity contribution in [1.82, 2.24) is 0 Å². The lowest BCUT2D eigenvalue weighted by atomic mass is 9.88. The summed E-state index contributed by atoms with van der Waals surface area (Å²) >= 11 is 0. The van der Waals surface area contributed by atoms with Crippen molar-refractivity contribution >= 4 is 5.97 Å². The van der Waals surface area contributed by atoms with Crippen LogP contribution in [0.25, 0.3) is 0 Å². The van der Waals surface area contributed by atoms with E-state index in [0.717, 1.165) is 0 Å². The molecule has 0 saturated carbocycles. The first kappa shape index (κ1) is 87.8. The van der Waals surface area contributed by atoms with Gasteiger partial charge in [-0.1, -0.05) is 27.7 Å². The molecule has 0 amide bonds. The van der Waals surface area contributed by atoms with Gasteiger partial charge in [0, 0.05) is 30.1 Å². The molecule has 618 valence electrons. The van der Waals surface area contributed by atoms with Gasteiger partial charge in [-0.15, -0.1) is 0 Å². The zero-order chi connectivity index (χ0) is 78.1. The van der Waals surface area contributed by atoms with Crippen LogP contribution in [0.2, 0.25) is 0 Å². The van der Waals surface area contributed by atoms with Gasteiger partial charge >= 0.3 is 5.97 Å². The molecule has 9 rings (SSSR count). The van der Waals surface area contributed by atoms with Gasteiger partial charge in [0.25, 0.3) is 5.79 Å². The molecule has 0 aromatic heterocycles. The van der Waals surface area contributed by atoms with Crippen LogP contribution in [0.15, 0.2) is 0 Å². The predicted molar refractivity (Wildman–Crippen MR) is 332 cm³/mol. The lowest BCUT2D eigenvalue weighted by Crippen LogP contribution is -2.68. The molecule has 0 aromatic rings. The first-order valence-corrected chi connectivity index (χ1v) is 35.0. The Balaban J connectivity index is 0.963. The van der Waals surface area contributed by atoms with Crippen molar-refractivity contribution in [2.75, 3.05) is 59.5 Å². The highest BCUT2D eigenvalue weighted by Gasteiger charge is 2.61. The summed E-state index contributed by atoms with van der Waals surface area (Å²) in [5, 5.41) is 275. The van der Waals surface area contributed by atoms with E-state index >= 15 is 0 Å². The van der Waals surface area contributed by atoms with Gasteiger partial charge in [0.15, 0.2) is 44.0 Å². The van der Waals surface area contributed by atoms with Crippen LogP contribution in [0, 0.1) is 23.7 Å². The van der Waals surface area contributed by atoms with E-state index in [9.17, 15) is 132 Å². The molecule has 9 saturated heterocycles. The molecule has 9 fully saturated rings. The maximum atomic E-state index is 12.8. The third kappa shape index (κ3) is 18.1. The summed E-state index contributed by atoms with van der Waals surface area (Å²) in [4.78, 5) is 12.8. The molecule has 46 atom stereocenters. The number of aliphatic hydroxyl groups excluding tert-OH is 24. The third-order valence-corrected chi connectivity index (χ3v) is 21.5. The van der Waals surface area contributed by atoms with Crippen LogP contribution in [0.4, 0.5) is 0 Å².